The van der Waals surface area contributed by atoms with E-state index in [9.17, 15) is 0 Å². The molecule has 5 heteroatoms. The lowest BCUT2D eigenvalue weighted by molar-refractivity contribution is 0.419. The zero-order valence-electron chi connectivity index (χ0n) is 7.86. The first kappa shape index (κ1) is 9.36. The van der Waals surface area contributed by atoms with Crippen LogP contribution in [-0.2, 0) is 6.54 Å². The summed E-state index contributed by atoms with van der Waals surface area (Å²) in [6, 6.07) is 1.91. The molecule has 2 aromatic rings. The number of thiazole rings is 1. The second kappa shape index (κ2) is 4.34. The van der Waals surface area contributed by atoms with Gasteiger partial charge in [0.15, 0.2) is 5.76 Å². The largest absolute Gasteiger partial charge is 0.354 e. The van der Waals surface area contributed by atoms with Crippen LogP contribution in [0, 0.1) is 0 Å². The van der Waals surface area contributed by atoms with Gasteiger partial charge in [0.25, 0.3) is 0 Å². The van der Waals surface area contributed by atoms with E-state index in [0.717, 1.165) is 30.2 Å². The van der Waals surface area contributed by atoms with E-state index in [0.29, 0.717) is 0 Å². The monoisotopic (exact) mass is 209 g/mol. The second-order valence-corrected chi connectivity index (χ2v) is 3.56. The average molecular weight is 209 g/mol. The summed E-state index contributed by atoms with van der Waals surface area (Å²) in [4.78, 5) is 4.14. The number of aromatic nitrogens is 2. The first-order valence-corrected chi connectivity index (χ1v) is 5.39. The van der Waals surface area contributed by atoms with Crippen LogP contribution in [-0.4, -0.2) is 16.7 Å². The quantitative estimate of drug-likeness (QED) is 0.835. The molecule has 0 radical (unpaired) electrons. The molecule has 4 nitrogen and oxygen atoms in total. The van der Waals surface area contributed by atoms with Gasteiger partial charge >= 0.3 is 0 Å². The first-order chi connectivity index (χ1) is 6.90. The van der Waals surface area contributed by atoms with Crippen LogP contribution >= 0.6 is 11.3 Å². The van der Waals surface area contributed by atoms with E-state index in [2.05, 4.69) is 22.4 Å². The lowest BCUT2D eigenvalue weighted by atomic mass is 10.3. The lowest BCUT2D eigenvalue weighted by Crippen LogP contribution is -2.11. The molecule has 0 aliphatic heterocycles. The summed E-state index contributed by atoms with van der Waals surface area (Å²) < 4.78 is 5.16. The minimum absolute atomic E-state index is 0.735. The predicted molar refractivity (Wildman–Crippen MR) is 55.0 cm³/mol. The molecular formula is C9H11N3OS. The van der Waals surface area contributed by atoms with Crippen molar-refractivity contribution in [2.45, 2.75) is 13.5 Å². The van der Waals surface area contributed by atoms with Crippen LogP contribution in [0.2, 0.25) is 0 Å². The number of nitrogens with zero attached hydrogens (tertiary/aromatic N) is 2. The zero-order chi connectivity index (χ0) is 9.80. The van der Waals surface area contributed by atoms with Gasteiger partial charge in [0, 0.05) is 18.0 Å². The highest BCUT2D eigenvalue weighted by molar-refractivity contribution is 7.07. The molecule has 2 heterocycles. The fraction of sp³-hybridized carbons (Fsp3) is 0.333. The molecule has 1 N–H and O–H groups in total. The number of hydrogen-bond donors (Lipinski definition) is 1. The van der Waals surface area contributed by atoms with Crippen molar-refractivity contribution >= 4 is 11.3 Å². The molecule has 0 aliphatic rings. The molecule has 14 heavy (non-hydrogen) atoms. The topological polar surface area (TPSA) is 51.0 Å². The average Bonchev–Trinajstić information content (AvgIpc) is 2.85. The molecule has 0 atom stereocenters. The van der Waals surface area contributed by atoms with Crippen molar-refractivity contribution in [3.8, 4) is 11.5 Å². The van der Waals surface area contributed by atoms with E-state index in [1.165, 1.54) is 0 Å². The molecule has 0 saturated carbocycles. The Hall–Kier alpha value is -1.20. The fourth-order valence-electron chi connectivity index (χ4n) is 1.10. The van der Waals surface area contributed by atoms with Crippen LogP contribution in [0.25, 0.3) is 11.5 Å². The van der Waals surface area contributed by atoms with Crippen molar-refractivity contribution in [3.63, 3.8) is 0 Å². The highest BCUT2D eigenvalue weighted by Crippen LogP contribution is 2.19. The van der Waals surface area contributed by atoms with E-state index < -0.39 is 0 Å². The Kier molecular flexibility index (Phi) is 2.90. The molecule has 0 saturated heterocycles. The van der Waals surface area contributed by atoms with Gasteiger partial charge in [0.2, 0.25) is 0 Å². The SMILES string of the molecule is CCNCc1cc(-c2cscn2)on1. The summed E-state index contributed by atoms with van der Waals surface area (Å²) in [5.41, 5.74) is 3.54. The minimum atomic E-state index is 0.735. The third kappa shape index (κ3) is 2.00. The van der Waals surface area contributed by atoms with Gasteiger partial charge in [0.1, 0.15) is 5.69 Å². The maximum Gasteiger partial charge on any atom is 0.186 e. The Morgan fingerprint density at radius 2 is 2.50 bits per heavy atom. The maximum absolute atomic E-state index is 5.16. The molecule has 0 unspecified atom stereocenters. The fourth-order valence-corrected chi connectivity index (χ4v) is 1.64. The van der Waals surface area contributed by atoms with Gasteiger partial charge in [-0.05, 0) is 6.54 Å². The van der Waals surface area contributed by atoms with Gasteiger partial charge in [-0.2, -0.15) is 0 Å². The van der Waals surface area contributed by atoms with Crippen molar-refractivity contribution in [1.29, 1.82) is 0 Å². The van der Waals surface area contributed by atoms with Crippen LogP contribution in [0.15, 0.2) is 21.5 Å². The molecule has 2 aromatic heterocycles. The van der Waals surface area contributed by atoms with Crippen LogP contribution in [0.3, 0.4) is 0 Å². The summed E-state index contributed by atoms with van der Waals surface area (Å²) in [6.07, 6.45) is 0. The molecule has 74 valence electrons. The van der Waals surface area contributed by atoms with Gasteiger partial charge < -0.3 is 9.84 Å². The standard InChI is InChI=1S/C9H11N3OS/c1-2-10-4-7-3-9(13-12-7)8-5-14-6-11-8/h3,5-6,10H,2,4H2,1H3. The summed E-state index contributed by atoms with van der Waals surface area (Å²) in [6.45, 7) is 3.73. The second-order valence-electron chi connectivity index (χ2n) is 2.84. The third-order valence-electron chi connectivity index (χ3n) is 1.80. The number of hydrogen-bond acceptors (Lipinski definition) is 5. The van der Waals surface area contributed by atoms with E-state index in [-0.39, 0.29) is 0 Å². The maximum atomic E-state index is 5.16. The molecule has 0 amide bonds. The third-order valence-corrected chi connectivity index (χ3v) is 2.39. The van der Waals surface area contributed by atoms with Crippen LogP contribution in [0.4, 0.5) is 0 Å². The van der Waals surface area contributed by atoms with Crippen molar-refractivity contribution in [2.75, 3.05) is 6.54 Å². The molecule has 0 spiro atoms. The number of rotatable bonds is 4. The highest BCUT2D eigenvalue weighted by Gasteiger charge is 2.07. The molecule has 0 fully saturated rings. The molecular weight excluding hydrogens is 198 g/mol. The van der Waals surface area contributed by atoms with E-state index in [1.54, 1.807) is 16.8 Å². The minimum Gasteiger partial charge on any atom is -0.354 e. The summed E-state index contributed by atoms with van der Waals surface area (Å²) in [5.74, 6) is 0.735. The van der Waals surface area contributed by atoms with Gasteiger partial charge in [0.05, 0.1) is 11.2 Å². The summed E-state index contributed by atoms with van der Waals surface area (Å²) in [5, 5.41) is 9.06. The van der Waals surface area contributed by atoms with Gasteiger partial charge in [-0.1, -0.05) is 12.1 Å². The van der Waals surface area contributed by atoms with Crippen LogP contribution in [0.5, 0.6) is 0 Å². The Labute approximate surface area is 86.0 Å². The smallest absolute Gasteiger partial charge is 0.186 e. The normalized spacial score (nSPS) is 10.6. The Morgan fingerprint density at radius 1 is 1.57 bits per heavy atom. The Bertz CT molecular complexity index is 382. The molecule has 0 aliphatic carbocycles. The predicted octanol–water partition coefficient (Wildman–Crippen LogP) is 1.91. The van der Waals surface area contributed by atoms with Crippen LogP contribution < -0.4 is 5.32 Å². The van der Waals surface area contributed by atoms with E-state index >= 15 is 0 Å². The van der Waals surface area contributed by atoms with Crippen molar-refractivity contribution in [2.24, 2.45) is 0 Å². The summed E-state index contributed by atoms with van der Waals surface area (Å²) in [7, 11) is 0. The summed E-state index contributed by atoms with van der Waals surface area (Å²) >= 11 is 1.55. The van der Waals surface area contributed by atoms with Crippen molar-refractivity contribution in [1.82, 2.24) is 15.5 Å². The van der Waals surface area contributed by atoms with E-state index in [4.69, 9.17) is 4.52 Å². The van der Waals surface area contributed by atoms with Gasteiger partial charge in [-0.15, -0.1) is 11.3 Å². The van der Waals surface area contributed by atoms with Crippen molar-refractivity contribution < 1.29 is 4.52 Å². The number of nitrogens with one attached hydrogen (secondary N) is 1. The Morgan fingerprint density at radius 3 is 3.21 bits per heavy atom. The van der Waals surface area contributed by atoms with E-state index in [1.807, 2.05) is 11.4 Å². The molecule has 0 aromatic carbocycles. The van der Waals surface area contributed by atoms with Gasteiger partial charge in [-0.3, -0.25) is 0 Å². The highest BCUT2D eigenvalue weighted by atomic mass is 32.1. The molecule has 2 rings (SSSR count). The zero-order valence-corrected chi connectivity index (χ0v) is 8.67. The van der Waals surface area contributed by atoms with Gasteiger partial charge in [-0.25, -0.2) is 4.98 Å². The van der Waals surface area contributed by atoms with Crippen LogP contribution in [0.1, 0.15) is 12.6 Å². The Balaban J connectivity index is 2.10. The van der Waals surface area contributed by atoms with Crippen molar-refractivity contribution in [3.05, 3.63) is 22.7 Å². The molecule has 0 bridgehead atoms. The lowest BCUT2D eigenvalue weighted by Gasteiger charge is -1.92. The first-order valence-electron chi connectivity index (χ1n) is 4.45.